The lowest BCUT2D eigenvalue weighted by atomic mass is 9.82. The van der Waals surface area contributed by atoms with Gasteiger partial charge in [0.15, 0.2) is 11.4 Å². The molecule has 0 saturated carbocycles. The van der Waals surface area contributed by atoms with Crippen LogP contribution in [0, 0.1) is 0 Å². The van der Waals surface area contributed by atoms with Crippen LogP contribution in [0.3, 0.4) is 0 Å². The first-order chi connectivity index (χ1) is 23.0. The minimum absolute atomic E-state index is 0.0143. The molecule has 0 saturated heterocycles. The normalized spacial score (nSPS) is 13.5. The lowest BCUT2D eigenvalue weighted by Crippen LogP contribution is -2.14. The highest BCUT2D eigenvalue weighted by molar-refractivity contribution is 7.26. The molecule has 0 unspecified atom stereocenters. The van der Waals surface area contributed by atoms with E-state index in [9.17, 15) is 0 Å². The van der Waals surface area contributed by atoms with Crippen LogP contribution in [0.1, 0.15) is 25.0 Å². The van der Waals surface area contributed by atoms with Crippen molar-refractivity contribution in [2.75, 3.05) is 0 Å². The summed E-state index contributed by atoms with van der Waals surface area (Å²) in [5.74, 6) is 0.513. The van der Waals surface area contributed by atoms with E-state index in [4.69, 9.17) is 24.4 Å². The van der Waals surface area contributed by atoms with E-state index in [1.807, 2.05) is 72.1 Å². The minimum Gasteiger partial charge on any atom is -0.452 e. The van der Waals surface area contributed by atoms with Crippen molar-refractivity contribution in [2.24, 2.45) is 0 Å². The Hall–Kier alpha value is -5.72. The van der Waals surface area contributed by atoms with Crippen LogP contribution >= 0.6 is 11.3 Å². The van der Waals surface area contributed by atoms with Gasteiger partial charge in [-0.1, -0.05) is 105 Å². The first-order valence-corrected chi connectivity index (χ1v) is 16.5. The summed E-state index contributed by atoms with van der Waals surface area (Å²) >= 11 is 1.87. The second kappa shape index (κ2) is 9.64. The molecule has 4 heterocycles. The molecule has 1 aliphatic rings. The Morgan fingerprint density at radius 3 is 2.28 bits per heavy atom. The Kier molecular flexibility index (Phi) is 5.44. The molecule has 222 valence electrons. The SMILES string of the molecule is CC1(C)c2ccccc2-c2c1ccc1c2sc2cc(-c3cnc(-c4nc(-c5ccccc5)c5oc6ccccc6c5n4)cn3)ccc21. The lowest BCUT2D eigenvalue weighted by molar-refractivity contribution is 0.661. The van der Waals surface area contributed by atoms with Crippen LogP contribution in [-0.2, 0) is 5.41 Å². The predicted molar refractivity (Wildman–Crippen MR) is 192 cm³/mol. The molecular weight excluding hydrogens is 597 g/mol. The smallest absolute Gasteiger partial charge is 0.181 e. The van der Waals surface area contributed by atoms with E-state index >= 15 is 0 Å². The molecule has 47 heavy (non-hydrogen) atoms. The van der Waals surface area contributed by atoms with Crippen LogP contribution in [0.5, 0.6) is 0 Å². The highest BCUT2D eigenvalue weighted by atomic mass is 32.1. The summed E-state index contributed by atoms with van der Waals surface area (Å²) in [6, 6.07) is 38.1. The van der Waals surface area contributed by atoms with Crippen molar-refractivity contribution in [1.29, 1.82) is 0 Å². The monoisotopic (exact) mass is 622 g/mol. The summed E-state index contributed by atoms with van der Waals surface area (Å²) in [6.07, 6.45) is 3.60. The third kappa shape index (κ3) is 3.82. The number of benzene rings is 5. The topological polar surface area (TPSA) is 64.7 Å². The highest BCUT2D eigenvalue weighted by Gasteiger charge is 2.36. The van der Waals surface area contributed by atoms with Crippen molar-refractivity contribution in [1.82, 2.24) is 19.9 Å². The van der Waals surface area contributed by atoms with Crippen molar-refractivity contribution in [3.63, 3.8) is 0 Å². The van der Waals surface area contributed by atoms with Crippen molar-refractivity contribution in [2.45, 2.75) is 19.3 Å². The van der Waals surface area contributed by atoms with Crippen molar-refractivity contribution < 1.29 is 4.42 Å². The van der Waals surface area contributed by atoms with Crippen LogP contribution in [0.2, 0.25) is 0 Å². The second-order valence-corrected chi connectivity index (χ2v) is 13.7. The molecule has 5 aromatic carbocycles. The van der Waals surface area contributed by atoms with Crippen molar-refractivity contribution in [3.8, 4) is 45.2 Å². The Bertz CT molecular complexity index is 2710. The predicted octanol–water partition coefficient (Wildman–Crippen LogP) is 10.8. The third-order valence-corrected chi connectivity index (χ3v) is 10.8. The van der Waals surface area contributed by atoms with Gasteiger partial charge in [-0.3, -0.25) is 4.98 Å². The number of aromatic nitrogens is 4. The Morgan fingerprint density at radius 1 is 0.638 bits per heavy atom. The first-order valence-electron chi connectivity index (χ1n) is 15.7. The Balaban J connectivity index is 1.07. The van der Waals surface area contributed by atoms with Crippen molar-refractivity contribution >= 4 is 53.6 Å². The average Bonchev–Trinajstić information content (AvgIpc) is 3.76. The molecule has 0 amide bonds. The molecule has 0 aliphatic heterocycles. The van der Waals surface area contributed by atoms with Crippen LogP contribution in [-0.4, -0.2) is 19.9 Å². The maximum Gasteiger partial charge on any atom is 0.181 e. The summed E-state index contributed by atoms with van der Waals surface area (Å²) in [7, 11) is 0. The maximum atomic E-state index is 6.25. The molecule has 0 N–H and O–H groups in total. The summed E-state index contributed by atoms with van der Waals surface area (Å²) < 4.78 is 8.85. The minimum atomic E-state index is -0.0143. The van der Waals surface area contributed by atoms with Gasteiger partial charge in [0.25, 0.3) is 0 Å². The van der Waals surface area contributed by atoms with Crippen LogP contribution in [0.4, 0.5) is 0 Å². The summed E-state index contributed by atoms with van der Waals surface area (Å²) in [4.78, 5) is 19.6. The van der Waals surface area contributed by atoms with E-state index in [1.165, 1.54) is 42.4 Å². The zero-order chi connectivity index (χ0) is 31.3. The highest BCUT2D eigenvalue weighted by Crippen LogP contribution is 2.53. The molecule has 6 heteroatoms. The van der Waals surface area contributed by atoms with Gasteiger partial charge in [-0.15, -0.1) is 11.3 Å². The second-order valence-electron chi connectivity index (χ2n) is 12.7. The molecular formula is C41H26N4OS. The van der Waals surface area contributed by atoms with Gasteiger partial charge in [0.05, 0.1) is 18.1 Å². The number of rotatable bonds is 3. The Labute approximate surface area is 274 Å². The Morgan fingerprint density at radius 2 is 1.40 bits per heavy atom. The molecule has 0 spiro atoms. The molecule has 9 aromatic rings. The largest absolute Gasteiger partial charge is 0.452 e. The maximum absolute atomic E-state index is 6.25. The van der Waals surface area contributed by atoms with E-state index in [-0.39, 0.29) is 5.41 Å². The molecule has 10 rings (SSSR count). The standard InChI is InChI=1S/C41H26N4OS/c1-41(2)29-14-8-6-12-27(29)35-30(41)19-18-26-25-17-16-24(20-34(25)47-39(26)35)31-21-43-32(22-42-31)40-44-36(23-10-4-3-5-11-23)38-37(45-40)28-13-7-9-15-33(28)46-38/h3-22H,1-2H3. The van der Waals surface area contributed by atoms with Crippen LogP contribution in [0.15, 0.2) is 126 Å². The fraction of sp³-hybridized carbons (Fsp3) is 0.0732. The van der Waals surface area contributed by atoms with Gasteiger partial charge in [0, 0.05) is 47.7 Å². The van der Waals surface area contributed by atoms with Gasteiger partial charge in [0.2, 0.25) is 0 Å². The number of fused-ring (bicyclic) bond motifs is 10. The van der Waals surface area contributed by atoms with Gasteiger partial charge in [-0.2, -0.15) is 0 Å². The van der Waals surface area contributed by atoms with Gasteiger partial charge < -0.3 is 4.42 Å². The molecule has 1 aliphatic carbocycles. The van der Waals surface area contributed by atoms with E-state index < -0.39 is 0 Å². The van der Waals surface area contributed by atoms with Gasteiger partial charge in [-0.05, 0) is 34.9 Å². The number of nitrogens with zero attached hydrogens (tertiary/aromatic N) is 4. The molecule has 0 atom stereocenters. The van der Waals surface area contributed by atoms with Gasteiger partial charge in [0.1, 0.15) is 22.5 Å². The molecule has 0 radical (unpaired) electrons. The van der Waals surface area contributed by atoms with Gasteiger partial charge in [-0.25, -0.2) is 15.0 Å². The average molecular weight is 623 g/mol. The van der Waals surface area contributed by atoms with Gasteiger partial charge >= 0.3 is 0 Å². The molecule has 0 bridgehead atoms. The van der Waals surface area contributed by atoms with E-state index in [1.54, 1.807) is 6.20 Å². The zero-order valence-corrected chi connectivity index (χ0v) is 26.5. The molecule has 4 aromatic heterocycles. The quantitative estimate of drug-likeness (QED) is 0.196. The first kappa shape index (κ1) is 26.5. The van der Waals surface area contributed by atoms with E-state index in [0.717, 1.165) is 39.0 Å². The third-order valence-electron chi connectivity index (χ3n) is 9.63. The zero-order valence-electron chi connectivity index (χ0n) is 25.7. The summed E-state index contributed by atoms with van der Waals surface area (Å²) in [5.41, 5.74) is 11.9. The number of hydrogen-bond acceptors (Lipinski definition) is 6. The number of thiophene rings is 1. The van der Waals surface area contributed by atoms with Crippen molar-refractivity contribution in [3.05, 3.63) is 133 Å². The number of para-hydroxylation sites is 1. The van der Waals surface area contributed by atoms with Crippen LogP contribution < -0.4 is 0 Å². The molecule has 5 nitrogen and oxygen atoms in total. The van der Waals surface area contributed by atoms with E-state index in [2.05, 4.69) is 68.4 Å². The number of furan rings is 1. The summed E-state index contributed by atoms with van der Waals surface area (Å²) in [6.45, 7) is 4.67. The molecule has 0 fully saturated rings. The summed E-state index contributed by atoms with van der Waals surface area (Å²) in [5, 5.41) is 3.52. The fourth-order valence-corrected chi connectivity index (χ4v) is 8.57. The fourth-order valence-electron chi connectivity index (χ4n) is 7.27. The van der Waals surface area contributed by atoms with E-state index in [0.29, 0.717) is 17.1 Å². The van der Waals surface area contributed by atoms with Crippen LogP contribution in [0.25, 0.3) is 87.4 Å². The number of hydrogen-bond donors (Lipinski definition) is 0. The lowest BCUT2D eigenvalue weighted by Gasteiger charge is -2.21.